The second kappa shape index (κ2) is 4.30. The summed E-state index contributed by atoms with van der Waals surface area (Å²) in [5, 5.41) is 18.5. The van der Waals surface area contributed by atoms with Gasteiger partial charge < -0.3 is 10.4 Å². The van der Waals surface area contributed by atoms with Crippen molar-refractivity contribution < 1.29 is 14.7 Å². The van der Waals surface area contributed by atoms with Crippen molar-refractivity contribution in [2.45, 2.75) is 31.8 Å². The molecule has 1 saturated carbocycles. The molecule has 0 aliphatic heterocycles. The zero-order valence-electron chi connectivity index (χ0n) is 8.59. The Labute approximate surface area is 91.4 Å². The zero-order valence-corrected chi connectivity index (χ0v) is 8.59. The van der Waals surface area contributed by atoms with Gasteiger partial charge in [-0.2, -0.15) is 0 Å². The van der Waals surface area contributed by atoms with Gasteiger partial charge >= 0.3 is 5.97 Å². The van der Waals surface area contributed by atoms with E-state index >= 15 is 0 Å². The predicted molar refractivity (Wildman–Crippen MR) is 52.8 cm³/mol. The minimum absolute atomic E-state index is 0.160. The Morgan fingerprint density at radius 1 is 1.56 bits per heavy atom. The van der Waals surface area contributed by atoms with Crippen LogP contribution >= 0.6 is 0 Å². The highest BCUT2D eigenvalue weighted by molar-refractivity contribution is 5.92. The lowest BCUT2D eigenvalue weighted by atomic mass is 9.93. The molecule has 86 valence electrons. The first kappa shape index (κ1) is 10.6. The third-order valence-electron chi connectivity index (χ3n) is 2.51. The van der Waals surface area contributed by atoms with Gasteiger partial charge in [0.2, 0.25) is 0 Å². The maximum atomic E-state index is 11.6. The van der Waals surface area contributed by atoms with E-state index in [4.69, 9.17) is 5.11 Å². The van der Waals surface area contributed by atoms with Crippen LogP contribution in [0.15, 0.2) is 6.20 Å². The lowest BCUT2D eigenvalue weighted by molar-refractivity contribution is -0.137. The monoisotopic (exact) mass is 224 g/mol. The molecule has 0 spiro atoms. The van der Waals surface area contributed by atoms with E-state index in [1.165, 1.54) is 6.20 Å². The van der Waals surface area contributed by atoms with Gasteiger partial charge in [0.05, 0.1) is 6.20 Å². The van der Waals surface area contributed by atoms with Crippen molar-refractivity contribution in [3.8, 4) is 0 Å². The van der Waals surface area contributed by atoms with Crippen LogP contribution in [-0.4, -0.2) is 38.0 Å². The average molecular weight is 224 g/mol. The third kappa shape index (κ3) is 2.36. The zero-order chi connectivity index (χ0) is 11.5. The van der Waals surface area contributed by atoms with Crippen LogP contribution in [0.4, 0.5) is 0 Å². The van der Waals surface area contributed by atoms with Crippen molar-refractivity contribution in [1.29, 1.82) is 0 Å². The van der Waals surface area contributed by atoms with Crippen molar-refractivity contribution in [3.05, 3.63) is 11.9 Å². The number of hydrogen-bond donors (Lipinski definition) is 2. The fraction of sp³-hybridized carbons (Fsp3) is 0.556. The Hall–Kier alpha value is -1.92. The molecule has 0 saturated heterocycles. The molecule has 0 aromatic carbocycles. The van der Waals surface area contributed by atoms with Crippen LogP contribution in [0, 0.1) is 0 Å². The van der Waals surface area contributed by atoms with E-state index in [0.29, 0.717) is 0 Å². The number of amides is 1. The molecule has 1 heterocycles. The molecule has 1 fully saturated rings. The molecule has 0 unspecified atom stereocenters. The lowest BCUT2D eigenvalue weighted by Crippen LogP contribution is -2.39. The molecular formula is C9H12N4O3. The van der Waals surface area contributed by atoms with E-state index in [-0.39, 0.29) is 24.2 Å². The molecule has 1 aliphatic rings. The van der Waals surface area contributed by atoms with Crippen LogP contribution in [0.5, 0.6) is 0 Å². The molecule has 7 heteroatoms. The van der Waals surface area contributed by atoms with Gasteiger partial charge in [0.1, 0.15) is 6.54 Å². The maximum absolute atomic E-state index is 11.6. The number of carboxylic acid groups (broad SMARTS) is 1. The van der Waals surface area contributed by atoms with Crippen molar-refractivity contribution in [2.24, 2.45) is 0 Å². The van der Waals surface area contributed by atoms with Crippen molar-refractivity contribution in [2.75, 3.05) is 0 Å². The first-order valence-corrected chi connectivity index (χ1v) is 5.08. The van der Waals surface area contributed by atoms with Crippen LogP contribution in [0.1, 0.15) is 29.8 Å². The maximum Gasteiger partial charge on any atom is 0.325 e. The van der Waals surface area contributed by atoms with Crippen molar-refractivity contribution >= 4 is 11.9 Å². The number of hydrogen-bond acceptors (Lipinski definition) is 4. The van der Waals surface area contributed by atoms with Gasteiger partial charge in [0.25, 0.3) is 5.91 Å². The van der Waals surface area contributed by atoms with Crippen LogP contribution in [0.25, 0.3) is 0 Å². The molecule has 0 bridgehead atoms. The Bertz CT molecular complexity index is 411. The normalized spacial score (nSPS) is 15.5. The van der Waals surface area contributed by atoms with Gasteiger partial charge in [-0.1, -0.05) is 5.21 Å². The van der Waals surface area contributed by atoms with E-state index in [2.05, 4.69) is 15.6 Å². The smallest absolute Gasteiger partial charge is 0.325 e. The number of nitrogens with one attached hydrogen (secondary N) is 1. The summed E-state index contributed by atoms with van der Waals surface area (Å²) in [5.41, 5.74) is 0.160. The fourth-order valence-corrected chi connectivity index (χ4v) is 1.43. The first-order chi connectivity index (χ1) is 7.65. The molecule has 1 aromatic heterocycles. The molecule has 0 atom stereocenters. The number of aromatic nitrogens is 3. The van der Waals surface area contributed by atoms with Crippen molar-refractivity contribution in [3.63, 3.8) is 0 Å². The summed E-state index contributed by atoms with van der Waals surface area (Å²) in [6.45, 7) is -0.288. The highest BCUT2D eigenvalue weighted by Crippen LogP contribution is 2.18. The average Bonchev–Trinajstić information content (AvgIpc) is 2.58. The van der Waals surface area contributed by atoms with Crippen LogP contribution in [0.2, 0.25) is 0 Å². The standard InChI is InChI=1S/C9H12N4O3/c14-8(15)5-13-4-7(11-12-13)9(16)10-6-2-1-3-6/h4,6H,1-3,5H2,(H,10,16)(H,14,15). The van der Waals surface area contributed by atoms with Gasteiger partial charge in [-0.05, 0) is 19.3 Å². The topological polar surface area (TPSA) is 97.1 Å². The van der Waals surface area contributed by atoms with Crippen molar-refractivity contribution in [1.82, 2.24) is 20.3 Å². The molecule has 1 aromatic rings. The summed E-state index contributed by atoms with van der Waals surface area (Å²) in [6.07, 6.45) is 4.46. The van der Waals surface area contributed by atoms with E-state index in [1.54, 1.807) is 0 Å². The molecule has 2 rings (SSSR count). The van der Waals surface area contributed by atoms with Gasteiger partial charge in [-0.15, -0.1) is 5.10 Å². The second-order valence-corrected chi connectivity index (χ2v) is 3.80. The summed E-state index contributed by atoms with van der Waals surface area (Å²) in [7, 11) is 0. The van der Waals surface area contributed by atoms with Crippen LogP contribution < -0.4 is 5.32 Å². The summed E-state index contributed by atoms with van der Waals surface area (Å²) in [6, 6.07) is 0.233. The fourth-order valence-electron chi connectivity index (χ4n) is 1.43. The molecule has 7 nitrogen and oxygen atoms in total. The minimum Gasteiger partial charge on any atom is -0.480 e. The number of nitrogens with zero attached hydrogens (tertiary/aromatic N) is 3. The summed E-state index contributed by atoms with van der Waals surface area (Å²) >= 11 is 0. The second-order valence-electron chi connectivity index (χ2n) is 3.80. The summed E-state index contributed by atoms with van der Waals surface area (Å²) in [4.78, 5) is 22.0. The van der Waals surface area contributed by atoms with Crippen LogP contribution in [0.3, 0.4) is 0 Å². The summed E-state index contributed by atoms with van der Waals surface area (Å²) < 4.78 is 1.12. The third-order valence-corrected chi connectivity index (χ3v) is 2.51. The molecule has 16 heavy (non-hydrogen) atoms. The van der Waals surface area contributed by atoms with Gasteiger partial charge in [0, 0.05) is 6.04 Å². The largest absolute Gasteiger partial charge is 0.480 e. The summed E-state index contributed by atoms with van der Waals surface area (Å²) in [5.74, 6) is -1.31. The number of aliphatic carboxylic acids is 1. The number of carbonyl (C=O) groups is 2. The predicted octanol–water partition coefficient (Wildman–Crippen LogP) is -0.355. The van der Waals surface area contributed by atoms with Gasteiger partial charge in [0.15, 0.2) is 5.69 Å². The lowest BCUT2D eigenvalue weighted by Gasteiger charge is -2.25. The Balaban J connectivity index is 1.94. The van der Waals surface area contributed by atoms with E-state index in [1.807, 2.05) is 0 Å². The highest BCUT2D eigenvalue weighted by Gasteiger charge is 2.21. The molecular weight excluding hydrogens is 212 g/mol. The molecule has 2 N–H and O–H groups in total. The first-order valence-electron chi connectivity index (χ1n) is 5.08. The minimum atomic E-state index is -1.02. The Morgan fingerprint density at radius 3 is 2.88 bits per heavy atom. The van der Waals surface area contributed by atoms with Gasteiger partial charge in [-0.3, -0.25) is 9.59 Å². The highest BCUT2D eigenvalue weighted by atomic mass is 16.4. The SMILES string of the molecule is O=C(O)Cn1cc(C(=O)NC2CCC2)nn1. The quantitative estimate of drug-likeness (QED) is 0.728. The molecule has 1 aliphatic carbocycles. The number of carboxylic acids is 1. The van der Waals surface area contributed by atoms with Crippen LogP contribution in [-0.2, 0) is 11.3 Å². The molecule has 1 amide bonds. The number of rotatable bonds is 4. The van der Waals surface area contributed by atoms with Gasteiger partial charge in [-0.25, -0.2) is 4.68 Å². The number of carbonyl (C=O) groups excluding carboxylic acids is 1. The Morgan fingerprint density at radius 2 is 2.31 bits per heavy atom. The Kier molecular flexibility index (Phi) is 2.84. The van der Waals surface area contributed by atoms with E-state index < -0.39 is 5.97 Å². The van der Waals surface area contributed by atoms with E-state index in [0.717, 1.165) is 23.9 Å². The van der Waals surface area contributed by atoms with E-state index in [9.17, 15) is 9.59 Å². The molecule has 0 radical (unpaired) electrons.